The molecule has 1 fully saturated rings. The second-order valence-corrected chi connectivity index (χ2v) is 5.73. The predicted molar refractivity (Wildman–Crippen MR) is 81.3 cm³/mol. The summed E-state index contributed by atoms with van der Waals surface area (Å²) in [5.74, 6) is 0.106. The number of benzene rings is 1. The first-order valence-electron chi connectivity index (χ1n) is 7.66. The minimum atomic E-state index is -0.123. The molecule has 1 heterocycles. The predicted octanol–water partition coefficient (Wildman–Crippen LogP) is 1.82. The van der Waals surface area contributed by atoms with Crippen LogP contribution in [0.5, 0.6) is 0 Å². The van der Waals surface area contributed by atoms with Crippen LogP contribution in [0.3, 0.4) is 0 Å². The molecule has 5 nitrogen and oxygen atoms in total. The Hall–Kier alpha value is -2.04. The van der Waals surface area contributed by atoms with Gasteiger partial charge in [0, 0.05) is 24.8 Å². The molecule has 0 aromatic heterocycles. The van der Waals surface area contributed by atoms with Crippen molar-refractivity contribution in [3.05, 3.63) is 29.8 Å². The van der Waals surface area contributed by atoms with Crippen LogP contribution in [0.4, 0.5) is 10.5 Å². The Balaban J connectivity index is 1.47. The van der Waals surface area contributed by atoms with E-state index in [1.165, 1.54) is 12.8 Å². The Morgan fingerprint density at radius 2 is 2.00 bits per heavy atom. The van der Waals surface area contributed by atoms with Crippen molar-refractivity contribution in [2.24, 2.45) is 0 Å². The zero-order chi connectivity index (χ0) is 14.7. The molecule has 0 atom stereocenters. The first kappa shape index (κ1) is 13.9. The first-order valence-corrected chi connectivity index (χ1v) is 7.66. The van der Waals surface area contributed by atoms with Gasteiger partial charge in [-0.05, 0) is 24.5 Å². The van der Waals surface area contributed by atoms with Crippen molar-refractivity contribution in [1.29, 1.82) is 0 Å². The summed E-state index contributed by atoms with van der Waals surface area (Å²) in [6, 6.07) is 8.01. The van der Waals surface area contributed by atoms with Crippen molar-refractivity contribution < 1.29 is 9.59 Å². The van der Waals surface area contributed by atoms with Gasteiger partial charge in [-0.15, -0.1) is 0 Å². The molecule has 21 heavy (non-hydrogen) atoms. The second kappa shape index (κ2) is 6.16. The first-order chi connectivity index (χ1) is 10.2. The molecule has 1 aliphatic heterocycles. The Labute approximate surface area is 124 Å². The highest BCUT2D eigenvalue weighted by molar-refractivity contribution is 6.01. The topological polar surface area (TPSA) is 61.4 Å². The van der Waals surface area contributed by atoms with Gasteiger partial charge in [-0.25, -0.2) is 4.79 Å². The average Bonchev–Trinajstić information content (AvgIpc) is 3.07. The molecular formula is C16H21N3O2. The average molecular weight is 287 g/mol. The largest absolute Gasteiger partial charge is 0.336 e. The van der Waals surface area contributed by atoms with Gasteiger partial charge in [0.25, 0.3) is 0 Å². The Morgan fingerprint density at radius 1 is 1.24 bits per heavy atom. The Morgan fingerprint density at radius 3 is 2.81 bits per heavy atom. The van der Waals surface area contributed by atoms with E-state index in [-0.39, 0.29) is 11.9 Å². The lowest BCUT2D eigenvalue weighted by Gasteiger charge is -2.18. The van der Waals surface area contributed by atoms with Crippen molar-refractivity contribution in [3.63, 3.8) is 0 Å². The van der Waals surface area contributed by atoms with Crippen molar-refractivity contribution in [3.8, 4) is 0 Å². The monoisotopic (exact) mass is 287 g/mol. The van der Waals surface area contributed by atoms with Crippen molar-refractivity contribution >= 4 is 17.6 Å². The van der Waals surface area contributed by atoms with Crippen LogP contribution in [-0.2, 0) is 11.2 Å². The van der Waals surface area contributed by atoms with Crippen LogP contribution in [0.15, 0.2) is 24.3 Å². The number of carbonyl (C=O) groups excluding carboxylic acids is 2. The van der Waals surface area contributed by atoms with Crippen molar-refractivity contribution in [2.75, 3.05) is 18.0 Å². The minimum Gasteiger partial charge on any atom is -0.336 e. The van der Waals surface area contributed by atoms with E-state index in [0.717, 1.165) is 24.1 Å². The molecule has 0 saturated heterocycles. The third kappa shape index (κ3) is 3.17. The number of nitrogens with zero attached hydrogens (tertiary/aromatic N) is 1. The normalized spacial score (nSPS) is 17.9. The molecular weight excluding hydrogens is 266 g/mol. The summed E-state index contributed by atoms with van der Waals surface area (Å²) in [6.07, 6.45) is 5.01. The highest BCUT2D eigenvalue weighted by Crippen LogP contribution is 2.27. The summed E-state index contributed by atoms with van der Waals surface area (Å²) in [4.78, 5) is 25.5. The molecule has 112 valence electrons. The van der Waals surface area contributed by atoms with E-state index in [0.29, 0.717) is 25.6 Å². The maximum absolute atomic E-state index is 12.0. The molecule has 1 aromatic rings. The van der Waals surface area contributed by atoms with Gasteiger partial charge in [-0.2, -0.15) is 0 Å². The third-order valence-corrected chi connectivity index (χ3v) is 4.24. The number of nitrogens with one attached hydrogen (secondary N) is 2. The molecule has 2 aliphatic rings. The van der Waals surface area contributed by atoms with Gasteiger partial charge >= 0.3 is 6.03 Å². The third-order valence-electron chi connectivity index (χ3n) is 4.24. The SMILES string of the molecule is O=C(NCCN1C(=O)Cc2ccccc21)NC1CCCC1. The lowest BCUT2D eigenvalue weighted by molar-refractivity contribution is -0.117. The number of urea groups is 1. The van der Waals surface area contributed by atoms with Crippen LogP contribution in [0.2, 0.25) is 0 Å². The van der Waals surface area contributed by atoms with Crippen molar-refractivity contribution in [1.82, 2.24) is 10.6 Å². The zero-order valence-corrected chi connectivity index (χ0v) is 12.1. The summed E-state index contributed by atoms with van der Waals surface area (Å²) >= 11 is 0. The van der Waals surface area contributed by atoms with E-state index >= 15 is 0 Å². The van der Waals surface area contributed by atoms with Gasteiger partial charge in [0.2, 0.25) is 5.91 Å². The fourth-order valence-corrected chi connectivity index (χ4v) is 3.15. The van der Waals surface area contributed by atoms with Gasteiger partial charge in [-0.3, -0.25) is 4.79 Å². The fraction of sp³-hybridized carbons (Fsp3) is 0.500. The zero-order valence-electron chi connectivity index (χ0n) is 12.1. The molecule has 2 N–H and O–H groups in total. The van der Waals surface area contributed by atoms with Crippen LogP contribution in [-0.4, -0.2) is 31.1 Å². The van der Waals surface area contributed by atoms with E-state index < -0.39 is 0 Å². The molecule has 0 radical (unpaired) electrons. The van der Waals surface area contributed by atoms with Crippen LogP contribution in [0.1, 0.15) is 31.2 Å². The quantitative estimate of drug-likeness (QED) is 0.887. The number of hydrogen-bond acceptors (Lipinski definition) is 2. The fourth-order valence-electron chi connectivity index (χ4n) is 3.15. The molecule has 1 aromatic carbocycles. The van der Waals surface area contributed by atoms with Gasteiger partial charge in [0.05, 0.1) is 6.42 Å². The molecule has 0 bridgehead atoms. The van der Waals surface area contributed by atoms with Gasteiger partial charge in [-0.1, -0.05) is 31.0 Å². The summed E-state index contributed by atoms with van der Waals surface area (Å²) in [7, 11) is 0. The molecule has 0 spiro atoms. The van der Waals surface area contributed by atoms with Crippen LogP contribution >= 0.6 is 0 Å². The molecule has 3 rings (SSSR count). The Bertz CT molecular complexity index is 538. The summed E-state index contributed by atoms with van der Waals surface area (Å²) in [6.45, 7) is 0.993. The smallest absolute Gasteiger partial charge is 0.315 e. The van der Waals surface area contributed by atoms with Crippen LogP contribution < -0.4 is 15.5 Å². The van der Waals surface area contributed by atoms with E-state index in [1.54, 1.807) is 4.90 Å². The number of amides is 3. The number of anilines is 1. The number of rotatable bonds is 4. The molecule has 1 saturated carbocycles. The summed E-state index contributed by atoms with van der Waals surface area (Å²) < 4.78 is 0. The van der Waals surface area contributed by atoms with Crippen LogP contribution in [0, 0.1) is 0 Å². The highest BCUT2D eigenvalue weighted by atomic mass is 16.2. The van der Waals surface area contributed by atoms with E-state index in [4.69, 9.17) is 0 Å². The number of para-hydroxylation sites is 1. The van der Waals surface area contributed by atoms with Crippen LogP contribution in [0.25, 0.3) is 0 Å². The van der Waals surface area contributed by atoms with Crippen molar-refractivity contribution in [2.45, 2.75) is 38.1 Å². The summed E-state index contributed by atoms with van der Waals surface area (Å²) in [5, 5.41) is 5.82. The molecule has 3 amide bonds. The second-order valence-electron chi connectivity index (χ2n) is 5.73. The standard InChI is InChI=1S/C16H21N3O2/c20-15-11-12-5-1-4-8-14(12)19(15)10-9-17-16(21)18-13-6-2-3-7-13/h1,4-5,8,13H,2-3,6-7,9-11H2,(H2,17,18,21). The molecule has 1 aliphatic carbocycles. The van der Waals surface area contributed by atoms with E-state index in [2.05, 4.69) is 10.6 Å². The van der Waals surface area contributed by atoms with Gasteiger partial charge in [0.15, 0.2) is 0 Å². The van der Waals surface area contributed by atoms with E-state index in [1.807, 2.05) is 24.3 Å². The molecule has 0 unspecified atom stereocenters. The lowest BCUT2D eigenvalue weighted by atomic mass is 10.2. The maximum Gasteiger partial charge on any atom is 0.315 e. The maximum atomic E-state index is 12.0. The number of fused-ring (bicyclic) bond motifs is 1. The highest BCUT2D eigenvalue weighted by Gasteiger charge is 2.26. The van der Waals surface area contributed by atoms with Gasteiger partial charge < -0.3 is 15.5 Å². The Kier molecular flexibility index (Phi) is 4.08. The number of carbonyl (C=O) groups is 2. The van der Waals surface area contributed by atoms with Gasteiger partial charge in [0.1, 0.15) is 0 Å². The number of hydrogen-bond donors (Lipinski definition) is 2. The minimum absolute atomic E-state index is 0.106. The molecule has 5 heteroatoms. The summed E-state index contributed by atoms with van der Waals surface area (Å²) in [5.41, 5.74) is 2.04. The lowest BCUT2D eigenvalue weighted by Crippen LogP contribution is -2.44. The van der Waals surface area contributed by atoms with E-state index in [9.17, 15) is 9.59 Å².